The Morgan fingerprint density at radius 1 is 1.03 bits per heavy atom. The largest absolute Gasteiger partial charge is 0.493 e. The standard InChI is InChI=1S/C26H18F3NO4S2/c1-15-6-9-17(10-7-15)24(32)34-20-11-8-16(12-21(20)33-2)13-22-23(31)30(25(35)36-22)19-5-3-4-18(14-19)26(27,28)29/h3-14H,1-2H3/b22-13-. The van der Waals surface area contributed by atoms with Gasteiger partial charge in [0.05, 0.1) is 28.8 Å². The number of hydrogen-bond donors (Lipinski definition) is 0. The number of rotatable bonds is 5. The summed E-state index contributed by atoms with van der Waals surface area (Å²) in [5.74, 6) is -0.643. The van der Waals surface area contributed by atoms with Crippen molar-refractivity contribution in [1.29, 1.82) is 0 Å². The summed E-state index contributed by atoms with van der Waals surface area (Å²) >= 11 is 6.24. The van der Waals surface area contributed by atoms with Crippen molar-refractivity contribution in [2.75, 3.05) is 12.0 Å². The molecule has 36 heavy (non-hydrogen) atoms. The lowest BCUT2D eigenvalue weighted by molar-refractivity contribution is -0.137. The molecule has 4 rings (SSSR count). The Morgan fingerprint density at radius 2 is 1.75 bits per heavy atom. The Morgan fingerprint density at radius 3 is 2.42 bits per heavy atom. The summed E-state index contributed by atoms with van der Waals surface area (Å²) in [7, 11) is 1.41. The molecule has 0 aliphatic carbocycles. The van der Waals surface area contributed by atoms with E-state index in [1.807, 2.05) is 6.92 Å². The lowest BCUT2D eigenvalue weighted by atomic mass is 10.1. The molecule has 0 radical (unpaired) electrons. The summed E-state index contributed by atoms with van der Waals surface area (Å²) in [6, 6.07) is 16.1. The molecule has 1 aliphatic heterocycles. The number of esters is 1. The van der Waals surface area contributed by atoms with Crippen molar-refractivity contribution in [3.63, 3.8) is 0 Å². The van der Waals surface area contributed by atoms with Crippen molar-refractivity contribution in [2.45, 2.75) is 13.1 Å². The number of thiocarbonyl (C=S) groups is 1. The molecule has 0 atom stereocenters. The van der Waals surface area contributed by atoms with Crippen LogP contribution >= 0.6 is 24.0 Å². The fraction of sp³-hybridized carbons (Fsp3) is 0.115. The Kier molecular flexibility index (Phi) is 7.18. The van der Waals surface area contributed by atoms with Crippen molar-refractivity contribution >= 4 is 51.9 Å². The van der Waals surface area contributed by atoms with E-state index >= 15 is 0 Å². The van der Waals surface area contributed by atoms with Gasteiger partial charge in [-0.05, 0) is 61.0 Å². The van der Waals surface area contributed by atoms with Crippen LogP contribution in [0.1, 0.15) is 27.0 Å². The van der Waals surface area contributed by atoms with Gasteiger partial charge >= 0.3 is 12.1 Å². The second-order valence-corrected chi connectivity index (χ2v) is 9.41. The number of ether oxygens (including phenoxy) is 2. The number of nitrogens with zero attached hydrogens (tertiary/aromatic N) is 1. The fourth-order valence-corrected chi connectivity index (χ4v) is 4.67. The minimum Gasteiger partial charge on any atom is -0.493 e. The van der Waals surface area contributed by atoms with Gasteiger partial charge in [0.1, 0.15) is 0 Å². The molecule has 0 aromatic heterocycles. The first kappa shape index (κ1) is 25.5. The maximum atomic E-state index is 13.1. The average Bonchev–Trinajstić information content (AvgIpc) is 3.12. The van der Waals surface area contributed by atoms with Crippen molar-refractivity contribution in [1.82, 2.24) is 0 Å². The van der Waals surface area contributed by atoms with Crippen LogP contribution in [-0.4, -0.2) is 23.3 Å². The van der Waals surface area contributed by atoms with E-state index in [0.29, 0.717) is 11.1 Å². The molecule has 0 spiro atoms. The number of methoxy groups -OCH3 is 1. The predicted molar refractivity (Wildman–Crippen MR) is 136 cm³/mol. The third-order valence-electron chi connectivity index (χ3n) is 5.20. The van der Waals surface area contributed by atoms with Crippen LogP contribution < -0.4 is 14.4 Å². The van der Waals surface area contributed by atoms with Gasteiger partial charge in [-0.1, -0.05) is 53.8 Å². The van der Waals surface area contributed by atoms with E-state index in [2.05, 4.69) is 0 Å². The summed E-state index contributed by atoms with van der Waals surface area (Å²) in [6.45, 7) is 1.91. The number of carbonyl (C=O) groups excluding carboxylic acids is 2. The third kappa shape index (κ3) is 5.44. The quantitative estimate of drug-likeness (QED) is 0.160. The average molecular weight is 530 g/mol. The monoisotopic (exact) mass is 529 g/mol. The van der Waals surface area contributed by atoms with E-state index in [1.54, 1.807) is 42.5 Å². The van der Waals surface area contributed by atoms with Gasteiger partial charge in [0.15, 0.2) is 15.8 Å². The molecular weight excluding hydrogens is 511 g/mol. The van der Waals surface area contributed by atoms with Crippen LogP contribution in [0.3, 0.4) is 0 Å². The Hall–Kier alpha value is -3.63. The van der Waals surface area contributed by atoms with Crippen molar-refractivity contribution < 1.29 is 32.2 Å². The highest BCUT2D eigenvalue weighted by molar-refractivity contribution is 8.27. The Balaban J connectivity index is 1.56. The molecule has 0 saturated carbocycles. The normalized spacial score (nSPS) is 14.9. The number of hydrogen-bond acceptors (Lipinski definition) is 6. The molecule has 10 heteroatoms. The van der Waals surface area contributed by atoms with Gasteiger partial charge in [-0.25, -0.2) is 4.79 Å². The highest BCUT2D eigenvalue weighted by Gasteiger charge is 2.36. The van der Waals surface area contributed by atoms with Gasteiger partial charge in [-0.3, -0.25) is 9.69 Å². The number of anilines is 1. The molecule has 1 fully saturated rings. The number of alkyl halides is 3. The second-order valence-electron chi connectivity index (χ2n) is 7.73. The van der Waals surface area contributed by atoms with Crippen LogP contribution in [0.25, 0.3) is 6.08 Å². The first-order chi connectivity index (χ1) is 17.1. The first-order valence-electron chi connectivity index (χ1n) is 10.5. The molecule has 1 saturated heterocycles. The summed E-state index contributed by atoms with van der Waals surface area (Å²) in [5, 5.41) is 0. The lowest BCUT2D eigenvalue weighted by Gasteiger charge is -2.16. The molecule has 1 heterocycles. The first-order valence-corrected chi connectivity index (χ1v) is 11.7. The van der Waals surface area contributed by atoms with Crippen LogP contribution in [0.2, 0.25) is 0 Å². The maximum absolute atomic E-state index is 13.1. The van der Waals surface area contributed by atoms with Crippen LogP contribution in [0.5, 0.6) is 11.5 Å². The second kappa shape index (κ2) is 10.2. The van der Waals surface area contributed by atoms with Gasteiger partial charge < -0.3 is 9.47 Å². The van der Waals surface area contributed by atoms with Crippen molar-refractivity contribution in [3.05, 3.63) is 93.9 Å². The minimum absolute atomic E-state index is 0.0340. The Labute approximate surface area is 214 Å². The van der Waals surface area contributed by atoms with Gasteiger partial charge in [0, 0.05) is 0 Å². The smallest absolute Gasteiger partial charge is 0.416 e. The van der Waals surface area contributed by atoms with E-state index in [0.717, 1.165) is 34.4 Å². The summed E-state index contributed by atoms with van der Waals surface area (Å²) < 4.78 is 50.3. The number of thioether (sulfide) groups is 1. The molecule has 0 N–H and O–H groups in total. The van der Waals surface area contributed by atoms with E-state index in [-0.39, 0.29) is 26.4 Å². The molecule has 184 valence electrons. The van der Waals surface area contributed by atoms with Gasteiger partial charge in [-0.2, -0.15) is 13.2 Å². The molecule has 1 amide bonds. The topological polar surface area (TPSA) is 55.8 Å². The highest BCUT2D eigenvalue weighted by atomic mass is 32.2. The molecule has 3 aromatic carbocycles. The number of carbonyl (C=O) groups is 2. The van der Waals surface area contributed by atoms with Gasteiger partial charge in [0.2, 0.25) is 0 Å². The highest BCUT2D eigenvalue weighted by Crippen LogP contribution is 2.39. The van der Waals surface area contributed by atoms with Gasteiger partial charge in [0.25, 0.3) is 5.91 Å². The number of aryl methyl sites for hydroxylation is 1. The van der Waals surface area contributed by atoms with Crippen LogP contribution in [0.15, 0.2) is 71.6 Å². The summed E-state index contributed by atoms with van der Waals surface area (Å²) in [5.41, 5.74) is 1.09. The van der Waals surface area contributed by atoms with E-state index in [1.165, 1.54) is 25.3 Å². The number of benzene rings is 3. The van der Waals surface area contributed by atoms with Crippen LogP contribution in [-0.2, 0) is 11.0 Å². The lowest BCUT2D eigenvalue weighted by Crippen LogP contribution is -2.27. The van der Waals surface area contributed by atoms with E-state index in [4.69, 9.17) is 21.7 Å². The summed E-state index contributed by atoms with van der Waals surface area (Å²) in [6.07, 6.45) is -3.01. The van der Waals surface area contributed by atoms with Crippen LogP contribution in [0, 0.1) is 6.92 Å². The van der Waals surface area contributed by atoms with Crippen LogP contribution in [0.4, 0.5) is 18.9 Å². The van der Waals surface area contributed by atoms with E-state index < -0.39 is 23.6 Å². The third-order valence-corrected chi connectivity index (χ3v) is 6.50. The van der Waals surface area contributed by atoms with Crippen molar-refractivity contribution in [3.8, 4) is 11.5 Å². The van der Waals surface area contributed by atoms with E-state index in [9.17, 15) is 22.8 Å². The minimum atomic E-state index is -4.55. The molecule has 0 bridgehead atoms. The molecule has 3 aromatic rings. The maximum Gasteiger partial charge on any atom is 0.416 e. The Bertz CT molecular complexity index is 1380. The molecule has 1 aliphatic rings. The zero-order chi connectivity index (χ0) is 26.0. The number of amides is 1. The fourth-order valence-electron chi connectivity index (χ4n) is 3.37. The zero-order valence-electron chi connectivity index (χ0n) is 19.0. The SMILES string of the molecule is COc1cc(/C=C2\SC(=S)N(c3cccc(C(F)(F)F)c3)C2=O)ccc1OC(=O)c1ccc(C)cc1. The molecular formula is C26H18F3NO4S2. The molecule has 0 unspecified atom stereocenters. The zero-order valence-corrected chi connectivity index (χ0v) is 20.6. The number of halogens is 3. The summed E-state index contributed by atoms with van der Waals surface area (Å²) in [4.78, 5) is 26.8. The predicted octanol–water partition coefficient (Wildman–Crippen LogP) is 6.65. The molecule has 5 nitrogen and oxygen atoms in total. The van der Waals surface area contributed by atoms with Crippen molar-refractivity contribution in [2.24, 2.45) is 0 Å². The van der Waals surface area contributed by atoms with Gasteiger partial charge in [-0.15, -0.1) is 0 Å².